The number of halogens is 3. The fourth-order valence-corrected chi connectivity index (χ4v) is 7.80. The summed E-state index contributed by atoms with van der Waals surface area (Å²) in [7, 11) is 0. The topological polar surface area (TPSA) is 245 Å². The van der Waals surface area contributed by atoms with Crippen molar-refractivity contribution >= 4 is 82.5 Å². The highest BCUT2D eigenvalue weighted by atomic mass is 35.6. The molecule has 0 spiro atoms. The van der Waals surface area contributed by atoms with Crippen molar-refractivity contribution in [2.24, 2.45) is 0 Å². The van der Waals surface area contributed by atoms with Gasteiger partial charge in [-0.2, -0.15) is 0 Å². The minimum Gasteiger partial charge on any atom is -0.463 e. The van der Waals surface area contributed by atoms with Crippen molar-refractivity contribution in [3.63, 3.8) is 0 Å². The second-order valence-corrected chi connectivity index (χ2v) is 18.7. The molecule has 22 heteroatoms. The summed E-state index contributed by atoms with van der Waals surface area (Å²) in [5.41, 5.74) is 0.00555. The van der Waals surface area contributed by atoms with Crippen LogP contribution in [0.5, 0.6) is 0 Å². The molecule has 0 aliphatic carbocycles. The molecule has 0 amide bonds. The second-order valence-electron chi connectivity index (χ2n) is 16.4. The molecule has 19 nitrogen and oxygen atoms in total. The Labute approximate surface area is 443 Å². The highest BCUT2D eigenvalue weighted by Gasteiger charge is 2.59. The van der Waals surface area contributed by atoms with E-state index in [2.05, 4.69) is 0 Å². The molecule has 75 heavy (non-hydrogen) atoms. The van der Waals surface area contributed by atoms with E-state index in [-0.39, 0.29) is 27.8 Å². The van der Waals surface area contributed by atoms with E-state index in [1.165, 1.54) is 84.9 Å². The van der Waals surface area contributed by atoms with Crippen LogP contribution in [0.15, 0.2) is 152 Å². The van der Waals surface area contributed by atoms with E-state index in [4.69, 9.17) is 92.3 Å². The molecular formula is C53H46Cl3NO18. The minimum absolute atomic E-state index is 0.0154. The van der Waals surface area contributed by atoms with Gasteiger partial charge in [0.1, 0.15) is 31.5 Å². The molecule has 5 aromatic rings. The normalized spacial score (nSPS) is 23.2. The number of esters is 7. The smallest absolute Gasteiger partial charge is 0.338 e. The quantitative estimate of drug-likeness (QED) is 0.0312. The van der Waals surface area contributed by atoms with Crippen molar-refractivity contribution in [1.29, 1.82) is 5.41 Å². The number of hydrogen-bond acceptors (Lipinski definition) is 19. The zero-order valence-corrected chi connectivity index (χ0v) is 41.9. The summed E-state index contributed by atoms with van der Waals surface area (Å²) in [4.78, 5) is 96.0. The van der Waals surface area contributed by atoms with Gasteiger partial charge in [0.2, 0.25) is 12.2 Å². The van der Waals surface area contributed by atoms with Gasteiger partial charge in [0, 0.05) is 13.8 Å². The maximum absolute atomic E-state index is 14.4. The highest BCUT2D eigenvalue weighted by Crippen LogP contribution is 2.38. The molecule has 10 atom stereocenters. The summed E-state index contributed by atoms with van der Waals surface area (Å²) >= 11 is 18.2. The van der Waals surface area contributed by atoms with Crippen molar-refractivity contribution in [2.75, 3.05) is 13.2 Å². The molecule has 0 radical (unpaired) electrons. The summed E-state index contributed by atoms with van der Waals surface area (Å²) in [6.07, 6.45) is -19.2. The van der Waals surface area contributed by atoms with Crippen LogP contribution in [-0.4, -0.2) is 126 Å². The first-order chi connectivity index (χ1) is 36.0. The maximum Gasteiger partial charge on any atom is 0.338 e. The largest absolute Gasteiger partial charge is 0.463 e. The summed E-state index contributed by atoms with van der Waals surface area (Å²) in [6, 6.07) is 37.9. The van der Waals surface area contributed by atoms with Gasteiger partial charge in [-0.1, -0.05) is 126 Å². The Bertz CT molecular complexity index is 2790. The Hall–Kier alpha value is -7.39. The fourth-order valence-electron chi connectivity index (χ4n) is 7.66. The average Bonchev–Trinajstić information content (AvgIpc) is 3.41. The van der Waals surface area contributed by atoms with Crippen LogP contribution in [0, 0.1) is 5.41 Å². The molecule has 1 N–H and O–H groups in total. The SMILES string of the molecule is CC(=O)OC[C@H]1O[C@H](OC(=N)C(Cl)(Cl)Cl)[C@H](OC(=O)c2ccccc2)[C@@H](O[C@@H]2O[C@H](COC(=O)c3ccccc3)[C@@H](OC(=O)c3ccccc3)[C@H](OC(=O)c3ccccc3)[C@H]2OC(=O)c2ccccc2)[C@@H]1OC(C)=O. The molecule has 0 aromatic heterocycles. The summed E-state index contributed by atoms with van der Waals surface area (Å²) in [5.74, 6) is -7.95. The third-order valence-electron chi connectivity index (χ3n) is 11.1. The van der Waals surface area contributed by atoms with Gasteiger partial charge in [-0.3, -0.25) is 15.0 Å². The summed E-state index contributed by atoms with van der Waals surface area (Å²) in [6.45, 7) is 0.570. The third kappa shape index (κ3) is 14.9. The van der Waals surface area contributed by atoms with E-state index in [1.807, 2.05) is 0 Å². The van der Waals surface area contributed by atoms with Crippen molar-refractivity contribution < 1.29 is 85.7 Å². The van der Waals surface area contributed by atoms with Crippen LogP contribution in [0.4, 0.5) is 0 Å². The van der Waals surface area contributed by atoms with Crippen molar-refractivity contribution in [3.8, 4) is 0 Å². The van der Waals surface area contributed by atoms with Gasteiger partial charge in [-0.25, -0.2) is 24.0 Å². The Morgan fingerprint density at radius 1 is 0.413 bits per heavy atom. The van der Waals surface area contributed by atoms with Crippen molar-refractivity contribution in [2.45, 2.75) is 79.1 Å². The number of hydrogen-bond donors (Lipinski definition) is 1. The Morgan fingerprint density at radius 2 is 0.747 bits per heavy atom. The summed E-state index contributed by atoms with van der Waals surface area (Å²) < 4.78 is 64.0. The zero-order chi connectivity index (χ0) is 53.6. The first kappa shape index (κ1) is 55.4. The van der Waals surface area contributed by atoms with Crippen LogP contribution in [0.3, 0.4) is 0 Å². The zero-order valence-electron chi connectivity index (χ0n) is 39.6. The molecule has 2 aliphatic rings. The van der Waals surface area contributed by atoms with Gasteiger partial charge in [0.15, 0.2) is 36.8 Å². The average molecular weight is 1090 g/mol. The standard InChI is InChI=1S/C53H46Cl3NO18/c1-30(58)65-28-37-39(67-31(2)59)42(44(51(69-37)75-52(57)53(54,55)56)73-49(64)36-26-16-7-17-27-36)74-50-43(72-48(63)35-24-14-6-15-25-35)41(71-47(62)34-22-12-5-13-23-34)40(70-46(61)33-20-10-4-11-21-33)38(68-50)29-66-45(60)32-18-8-3-9-19-32/h3-27,37-44,50-51,57H,28-29H2,1-2H3/t37-,38-,39-,40-,41+,42+,43-,44-,50+,51-/m1/s1. The van der Waals surface area contributed by atoms with E-state index in [0.717, 1.165) is 13.8 Å². The molecule has 0 saturated carbocycles. The molecule has 2 aliphatic heterocycles. The lowest BCUT2D eigenvalue weighted by Gasteiger charge is -2.48. The number of ether oxygens (including phenoxy) is 11. The molecule has 2 saturated heterocycles. The number of nitrogens with one attached hydrogen (secondary N) is 1. The predicted octanol–water partition coefficient (Wildman–Crippen LogP) is 7.44. The molecule has 392 valence electrons. The monoisotopic (exact) mass is 1090 g/mol. The third-order valence-corrected chi connectivity index (χ3v) is 11.6. The van der Waals surface area contributed by atoms with Gasteiger partial charge in [0.25, 0.3) is 3.79 Å². The van der Waals surface area contributed by atoms with Crippen LogP contribution >= 0.6 is 34.8 Å². The van der Waals surface area contributed by atoms with Crippen LogP contribution in [-0.2, 0) is 61.7 Å². The highest BCUT2D eigenvalue weighted by molar-refractivity contribution is 6.76. The maximum atomic E-state index is 14.4. The van der Waals surface area contributed by atoms with Crippen LogP contribution in [0.25, 0.3) is 0 Å². The van der Waals surface area contributed by atoms with Crippen LogP contribution in [0.1, 0.15) is 65.6 Å². The molecule has 0 bridgehead atoms. The number of benzene rings is 5. The molecule has 7 rings (SSSR count). The van der Waals surface area contributed by atoms with E-state index < -0.39 is 126 Å². The first-order valence-electron chi connectivity index (χ1n) is 22.8. The molecule has 2 fully saturated rings. The minimum atomic E-state index is -2.57. The van der Waals surface area contributed by atoms with Crippen LogP contribution in [0.2, 0.25) is 0 Å². The van der Waals surface area contributed by atoms with Gasteiger partial charge in [-0.05, 0) is 60.7 Å². The Balaban J connectivity index is 1.42. The number of rotatable bonds is 17. The first-order valence-corrected chi connectivity index (χ1v) is 24.0. The van der Waals surface area contributed by atoms with Crippen molar-refractivity contribution in [1.82, 2.24) is 0 Å². The molecular weight excluding hydrogens is 1040 g/mol. The molecule has 0 unspecified atom stereocenters. The second kappa shape index (κ2) is 25.7. The fraction of sp³-hybridized carbons (Fsp3) is 0.283. The van der Waals surface area contributed by atoms with Crippen LogP contribution < -0.4 is 0 Å². The van der Waals surface area contributed by atoms with E-state index in [9.17, 15) is 33.6 Å². The van der Waals surface area contributed by atoms with Gasteiger partial charge < -0.3 is 52.1 Å². The number of carbonyl (C=O) groups excluding carboxylic acids is 7. The predicted molar refractivity (Wildman–Crippen MR) is 263 cm³/mol. The molecule has 5 aromatic carbocycles. The summed E-state index contributed by atoms with van der Waals surface area (Å²) in [5, 5.41) is 8.53. The lowest BCUT2D eigenvalue weighted by atomic mass is 9.95. The Morgan fingerprint density at radius 3 is 1.13 bits per heavy atom. The van der Waals surface area contributed by atoms with E-state index in [0.29, 0.717) is 0 Å². The van der Waals surface area contributed by atoms with E-state index in [1.54, 1.807) is 66.7 Å². The molecule has 2 heterocycles. The van der Waals surface area contributed by atoms with Gasteiger partial charge >= 0.3 is 41.8 Å². The van der Waals surface area contributed by atoms with E-state index >= 15 is 0 Å². The van der Waals surface area contributed by atoms with Gasteiger partial charge in [0.05, 0.1) is 27.8 Å². The number of carbonyl (C=O) groups is 7. The lowest BCUT2D eigenvalue weighted by Crippen LogP contribution is -2.67. The number of alkyl halides is 3. The van der Waals surface area contributed by atoms with Gasteiger partial charge in [-0.15, -0.1) is 0 Å². The Kier molecular flexibility index (Phi) is 19.0. The lowest BCUT2D eigenvalue weighted by molar-refractivity contribution is -0.352. The van der Waals surface area contributed by atoms with Crippen molar-refractivity contribution in [3.05, 3.63) is 179 Å².